The minimum absolute atomic E-state index is 0.465. The van der Waals surface area contributed by atoms with E-state index in [4.69, 9.17) is 21.6 Å². The predicted octanol–water partition coefficient (Wildman–Crippen LogP) is 2.36. The zero-order chi connectivity index (χ0) is 16.0. The van der Waals surface area contributed by atoms with Gasteiger partial charge >= 0.3 is 0 Å². The molecule has 3 rings (SSSR count). The standard InChI is InChI=1S/C15H18ClN3O2S/c1-11-14(12-3-5-13(16)6-4-12)18-15(17-11)7-9-19(10-8-15)22(2,20)21/h3-6H,7-10H2,1-2H3. The van der Waals surface area contributed by atoms with Crippen molar-refractivity contribution in [1.29, 1.82) is 0 Å². The third-order valence-corrected chi connectivity index (χ3v) is 5.70. The van der Waals surface area contributed by atoms with E-state index in [2.05, 4.69) is 0 Å². The molecule has 2 aliphatic heterocycles. The van der Waals surface area contributed by atoms with Gasteiger partial charge in [-0.05, 0) is 19.1 Å². The normalized spacial score (nSPS) is 21.8. The maximum absolute atomic E-state index is 11.6. The van der Waals surface area contributed by atoms with Crippen molar-refractivity contribution < 1.29 is 8.42 Å². The van der Waals surface area contributed by atoms with Gasteiger partial charge in [-0.1, -0.05) is 23.7 Å². The van der Waals surface area contributed by atoms with Gasteiger partial charge in [-0.25, -0.2) is 12.7 Å². The zero-order valence-electron chi connectivity index (χ0n) is 12.6. The van der Waals surface area contributed by atoms with Gasteiger partial charge in [-0.2, -0.15) is 0 Å². The Balaban J connectivity index is 1.85. The molecule has 0 atom stereocenters. The largest absolute Gasteiger partial charge is 0.258 e. The predicted molar refractivity (Wildman–Crippen MR) is 89.5 cm³/mol. The van der Waals surface area contributed by atoms with Crippen LogP contribution in [0.15, 0.2) is 34.3 Å². The van der Waals surface area contributed by atoms with E-state index in [-0.39, 0.29) is 0 Å². The van der Waals surface area contributed by atoms with E-state index >= 15 is 0 Å². The third kappa shape index (κ3) is 2.95. The second-order valence-electron chi connectivity index (χ2n) is 5.81. The fourth-order valence-electron chi connectivity index (χ4n) is 2.96. The maximum Gasteiger partial charge on any atom is 0.211 e. The van der Waals surface area contributed by atoms with Gasteiger partial charge in [-0.15, -0.1) is 0 Å². The van der Waals surface area contributed by atoms with E-state index < -0.39 is 15.7 Å². The van der Waals surface area contributed by atoms with Crippen LogP contribution in [-0.2, 0) is 10.0 Å². The molecule has 0 N–H and O–H groups in total. The molecule has 0 radical (unpaired) electrons. The summed E-state index contributed by atoms with van der Waals surface area (Å²) in [6.45, 7) is 2.88. The molecule has 0 aromatic heterocycles. The Morgan fingerprint density at radius 3 is 2.27 bits per heavy atom. The van der Waals surface area contributed by atoms with E-state index in [0.717, 1.165) is 17.0 Å². The quantitative estimate of drug-likeness (QED) is 0.830. The molecule has 1 spiro atoms. The Kier molecular flexibility index (Phi) is 3.87. The summed E-state index contributed by atoms with van der Waals surface area (Å²) in [5.74, 6) is 0. The Hall–Kier alpha value is -1.24. The lowest BCUT2D eigenvalue weighted by atomic mass is 10.00. The molecule has 0 unspecified atom stereocenters. The number of rotatable bonds is 2. The highest BCUT2D eigenvalue weighted by molar-refractivity contribution is 7.88. The second kappa shape index (κ2) is 5.44. The SMILES string of the molecule is CC1=NC2(CCN(S(C)(=O)=O)CC2)N=C1c1ccc(Cl)cc1. The maximum atomic E-state index is 11.6. The molecular weight excluding hydrogens is 322 g/mol. The van der Waals surface area contributed by atoms with Crippen molar-refractivity contribution in [3.8, 4) is 0 Å². The van der Waals surface area contributed by atoms with Crippen LogP contribution in [0.5, 0.6) is 0 Å². The van der Waals surface area contributed by atoms with Crippen LogP contribution in [0.1, 0.15) is 25.3 Å². The lowest BCUT2D eigenvalue weighted by Gasteiger charge is -2.33. The monoisotopic (exact) mass is 339 g/mol. The van der Waals surface area contributed by atoms with Gasteiger partial charge in [0.05, 0.1) is 17.7 Å². The molecule has 22 heavy (non-hydrogen) atoms. The molecule has 0 saturated carbocycles. The van der Waals surface area contributed by atoms with Crippen LogP contribution in [0.4, 0.5) is 0 Å². The number of nitrogens with zero attached hydrogens (tertiary/aromatic N) is 3. The van der Waals surface area contributed by atoms with Crippen molar-refractivity contribution in [3.05, 3.63) is 34.9 Å². The molecule has 0 amide bonds. The fourth-order valence-corrected chi connectivity index (χ4v) is 3.93. The lowest BCUT2D eigenvalue weighted by molar-refractivity contribution is 0.250. The van der Waals surface area contributed by atoms with Crippen molar-refractivity contribution in [2.45, 2.75) is 25.4 Å². The summed E-state index contributed by atoms with van der Waals surface area (Å²) >= 11 is 5.92. The van der Waals surface area contributed by atoms with Gasteiger partial charge < -0.3 is 0 Å². The number of hydrogen-bond acceptors (Lipinski definition) is 4. The molecule has 0 aliphatic carbocycles. The molecule has 1 fully saturated rings. The van der Waals surface area contributed by atoms with Gasteiger partial charge in [0.15, 0.2) is 5.66 Å². The Bertz CT molecular complexity index is 745. The molecule has 1 aromatic rings. The van der Waals surface area contributed by atoms with Crippen LogP contribution in [0.25, 0.3) is 0 Å². The van der Waals surface area contributed by atoms with Crippen LogP contribution in [-0.4, -0.2) is 49.2 Å². The molecule has 118 valence electrons. The van der Waals surface area contributed by atoms with Crippen LogP contribution in [0, 0.1) is 0 Å². The van der Waals surface area contributed by atoms with Crippen LogP contribution in [0.2, 0.25) is 5.02 Å². The molecule has 7 heteroatoms. The first-order valence-electron chi connectivity index (χ1n) is 7.17. The van der Waals surface area contributed by atoms with Gasteiger partial charge in [0.1, 0.15) is 0 Å². The summed E-state index contributed by atoms with van der Waals surface area (Å²) in [6, 6.07) is 7.55. The van der Waals surface area contributed by atoms with E-state index in [0.29, 0.717) is 31.0 Å². The number of halogens is 1. The molecular formula is C15H18ClN3O2S. The minimum atomic E-state index is -3.13. The Morgan fingerprint density at radius 2 is 1.73 bits per heavy atom. The van der Waals surface area contributed by atoms with Crippen molar-refractivity contribution in [1.82, 2.24) is 4.31 Å². The summed E-state index contributed by atoms with van der Waals surface area (Å²) in [7, 11) is -3.13. The summed E-state index contributed by atoms with van der Waals surface area (Å²) in [5, 5.41) is 0.688. The third-order valence-electron chi connectivity index (χ3n) is 4.15. The minimum Gasteiger partial charge on any atom is -0.258 e. The van der Waals surface area contributed by atoms with E-state index in [1.807, 2.05) is 31.2 Å². The fraction of sp³-hybridized carbons (Fsp3) is 0.467. The Labute approximate surface area is 135 Å². The van der Waals surface area contributed by atoms with Crippen molar-refractivity contribution in [2.75, 3.05) is 19.3 Å². The van der Waals surface area contributed by atoms with Gasteiger partial charge in [0.2, 0.25) is 10.0 Å². The van der Waals surface area contributed by atoms with Crippen LogP contribution >= 0.6 is 11.6 Å². The number of piperidine rings is 1. The highest BCUT2D eigenvalue weighted by atomic mass is 35.5. The highest BCUT2D eigenvalue weighted by Crippen LogP contribution is 2.34. The zero-order valence-corrected chi connectivity index (χ0v) is 14.2. The van der Waals surface area contributed by atoms with Crippen molar-refractivity contribution in [3.63, 3.8) is 0 Å². The van der Waals surface area contributed by atoms with Gasteiger partial charge in [0.25, 0.3) is 0 Å². The van der Waals surface area contributed by atoms with E-state index in [1.165, 1.54) is 10.6 Å². The average Bonchev–Trinajstić information content (AvgIpc) is 2.76. The smallest absolute Gasteiger partial charge is 0.211 e. The summed E-state index contributed by atoms with van der Waals surface area (Å²) < 4.78 is 24.7. The molecule has 0 bridgehead atoms. The second-order valence-corrected chi connectivity index (χ2v) is 8.23. The molecule has 2 heterocycles. The first-order valence-corrected chi connectivity index (χ1v) is 9.39. The van der Waals surface area contributed by atoms with Crippen molar-refractivity contribution >= 4 is 33.0 Å². The first kappa shape index (κ1) is 15.6. The summed E-state index contributed by atoms with van der Waals surface area (Å²) in [4.78, 5) is 9.56. The lowest BCUT2D eigenvalue weighted by Crippen LogP contribution is -2.44. The number of hydrogen-bond donors (Lipinski definition) is 0. The number of aliphatic imine (C=N–C) groups is 2. The molecule has 1 aromatic carbocycles. The Morgan fingerprint density at radius 1 is 1.14 bits per heavy atom. The molecule has 2 aliphatic rings. The van der Waals surface area contributed by atoms with E-state index in [1.54, 1.807) is 0 Å². The molecule has 1 saturated heterocycles. The van der Waals surface area contributed by atoms with Crippen LogP contribution < -0.4 is 0 Å². The van der Waals surface area contributed by atoms with Gasteiger partial charge in [0, 0.05) is 36.5 Å². The van der Waals surface area contributed by atoms with Crippen molar-refractivity contribution in [2.24, 2.45) is 9.98 Å². The highest BCUT2D eigenvalue weighted by Gasteiger charge is 2.40. The van der Waals surface area contributed by atoms with Gasteiger partial charge in [-0.3, -0.25) is 9.98 Å². The number of sulfonamides is 1. The number of benzene rings is 1. The summed E-state index contributed by atoms with van der Waals surface area (Å²) in [5.41, 5.74) is 2.27. The summed E-state index contributed by atoms with van der Waals surface area (Å²) in [6.07, 6.45) is 2.49. The molecule has 5 nitrogen and oxygen atoms in total. The van der Waals surface area contributed by atoms with E-state index in [9.17, 15) is 8.42 Å². The van der Waals surface area contributed by atoms with Crippen LogP contribution in [0.3, 0.4) is 0 Å². The topological polar surface area (TPSA) is 62.1 Å². The first-order chi connectivity index (χ1) is 10.3. The average molecular weight is 340 g/mol.